The first-order valence-electron chi connectivity index (χ1n) is 8.49. The predicted octanol–water partition coefficient (Wildman–Crippen LogP) is 0.219. The number of carbonyl (C=O) groups is 1. The molecule has 3 atom stereocenters. The largest absolute Gasteiger partial charge is 0.391 e. The molecule has 0 unspecified atom stereocenters. The molecule has 2 aromatic rings. The Kier molecular flexibility index (Phi) is 4.37. The summed E-state index contributed by atoms with van der Waals surface area (Å²) in [4.78, 5) is 19.0. The van der Waals surface area contributed by atoms with Crippen LogP contribution < -0.4 is 10.2 Å². The number of ether oxygens (including phenoxy) is 1. The van der Waals surface area contributed by atoms with Gasteiger partial charge < -0.3 is 20.1 Å². The van der Waals surface area contributed by atoms with Gasteiger partial charge in [0.1, 0.15) is 5.69 Å². The van der Waals surface area contributed by atoms with E-state index in [4.69, 9.17) is 4.74 Å². The zero-order valence-electron chi connectivity index (χ0n) is 13.8. The molecule has 1 aliphatic heterocycles. The van der Waals surface area contributed by atoms with Crippen molar-refractivity contribution in [2.45, 2.75) is 24.6 Å². The van der Waals surface area contributed by atoms with Gasteiger partial charge in [-0.1, -0.05) is 0 Å². The highest BCUT2D eigenvalue weighted by molar-refractivity contribution is 5.93. The molecule has 132 valence electrons. The van der Waals surface area contributed by atoms with E-state index >= 15 is 0 Å². The van der Waals surface area contributed by atoms with Gasteiger partial charge in [-0.3, -0.25) is 14.5 Å². The fourth-order valence-corrected chi connectivity index (χ4v) is 3.38. The number of morpholine rings is 1. The molecular weight excluding hydrogens is 322 g/mol. The molecule has 4 rings (SSSR count). The summed E-state index contributed by atoms with van der Waals surface area (Å²) in [5.74, 6) is -0.232. The molecule has 1 saturated carbocycles. The topological polar surface area (TPSA) is 92.5 Å². The van der Waals surface area contributed by atoms with E-state index in [0.29, 0.717) is 25.3 Å². The minimum atomic E-state index is -0.502. The Labute approximate surface area is 145 Å². The number of aromatic nitrogens is 3. The third-order valence-electron chi connectivity index (χ3n) is 4.80. The molecule has 1 saturated heterocycles. The smallest absolute Gasteiger partial charge is 0.270 e. The molecule has 2 fully saturated rings. The van der Waals surface area contributed by atoms with Gasteiger partial charge in [0, 0.05) is 37.4 Å². The van der Waals surface area contributed by atoms with Crippen LogP contribution in [-0.2, 0) is 4.74 Å². The van der Waals surface area contributed by atoms with E-state index < -0.39 is 6.10 Å². The van der Waals surface area contributed by atoms with Crippen molar-refractivity contribution in [3.63, 3.8) is 0 Å². The zero-order valence-corrected chi connectivity index (χ0v) is 13.8. The minimum absolute atomic E-state index is 0.156. The average molecular weight is 343 g/mol. The highest BCUT2D eigenvalue weighted by Gasteiger charge is 2.42. The van der Waals surface area contributed by atoms with Crippen molar-refractivity contribution in [2.24, 2.45) is 0 Å². The average Bonchev–Trinajstić information content (AvgIpc) is 3.15. The molecule has 3 heterocycles. The van der Waals surface area contributed by atoms with Gasteiger partial charge >= 0.3 is 0 Å². The number of anilines is 1. The van der Waals surface area contributed by atoms with Crippen molar-refractivity contribution >= 4 is 11.6 Å². The van der Waals surface area contributed by atoms with E-state index in [0.717, 1.165) is 18.8 Å². The van der Waals surface area contributed by atoms with Crippen LogP contribution in [0.5, 0.6) is 0 Å². The molecule has 25 heavy (non-hydrogen) atoms. The Morgan fingerprint density at radius 3 is 2.88 bits per heavy atom. The minimum Gasteiger partial charge on any atom is -0.391 e. The molecule has 2 aliphatic rings. The summed E-state index contributed by atoms with van der Waals surface area (Å²) >= 11 is 0. The van der Waals surface area contributed by atoms with Crippen LogP contribution in [0.2, 0.25) is 0 Å². The van der Waals surface area contributed by atoms with Gasteiger partial charge in [0.15, 0.2) is 0 Å². The van der Waals surface area contributed by atoms with Crippen molar-refractivity contribution in [3.05, 3.63) is 42.5 Å². The second-order valence-corrected chi connectivity index (χ2v) is 6.36. The third-order valence-corrected chi connectivity index (χ3v) is 4.80. The lowest BCUT2D eigenvalue weighted by atomic mass is 9.83. The van der Waals surface area contributed by atoms with Crippen molar-refractivity contribution in [1.29, 1.82) is 0 Å². The molecule has 0 aromatic carbocycles. The molecule has 2 aromatic heterocycles. The van der Waals surface area contributed by atoms with E-state index in [9.17, 15) is 9.90 Å². The first-order valence-corrected chi connectivity index (χ1v) is 8.49. The van der Waals surface area contributed by atoms with Gasteiger partial charge in [-0.25, -0.2) is 0 Å². The highest BCUT2D eigenvalue weighted by atomic mass is 16.5. The van der Waals surface area contributed by atoms with E-state index in [1.807, 2.05) is 6.07 Å². The maximum Gasteiger partial charge on any atom is 0.270 e. The number of nitrogens with one attached hydrogen (secondary N) is 1. The fraction of sp³-hybridized carbons (Fsp3) is 0.471. The van der Waals surface area contributed by atoms with Gasteiger partial charge in [-0.2, -0.15) is 5.10 Å². The summed E-state index contributed by atoms with van der Waals surface area (Å²) < 4.78 is 7.05. The monoisotopic (exact) mass is 343 g/mol. The molecule has 1 amide bonds. The summed E-state index contributed by atoms with van der Waals surface area (Å²) in [6.45, 7) is 2.99. The summed E-state index contributed by atoms with van der Waals surface area (Å²) in [6.07, 6.45) is 5.12. The number of hydrogen-bond donors (Lipinski definition) is 2. The Hall–Kier alpha value is -2.45. The van der Waals surface area contributed by atoms with Crippen LogP contribution in [0.3, 0.4) is 0 Å². The SMILES string of the molecule is O=C(N[C@H]1C[C@@H](O)[C@@H]1n1cccn1)c1cc(N2CCOCC2)ccn1. The number of aliphatic hydroxyl groups excluding tert-OH is 1. The molecule has 0 spiro atoms. The summed E-state index contributed by atoms with van der Waals surface area (Å²) in [6, 6.07) is 5.12. The van der Waals surface area contributed by atoms with Crippen LogP contribution in [0.4, 0.5) is 5.69 Å². The Bertz CT molecular complexity index is 730. The maximum atomic E-state index is 12.6. The molecule has 2 N–H and O–H groups in total. The van der Waals surface area contributed by atoms with Gasteiger partial charge in [0.2, 0.25) is 0 Å². The molecular formula is C17H21N5O3. The van der Waals surface area contributed by atoms with E-state index in [1.54, 1.807) is 35.4 Å². The van der Waals surface area contributed by atoms with Crippen LogP contribution in [0.15, 0.2) is 36.8 Å². The standard InChI is InChI=1S/C17H21N5O3/c23-15-11-13(16(15)22-5-1-3-19-22)20-17(24)14-10-12(2-4-18-14)21-6-8-25-9-7-21/h1-5,10,13,15-16,23H,6-9,11H2,(H,20,24)/t13-,15+,16+/m0/s1. The van der Waals surface area contributed by atoms with Crippen LogP contribution in [0, 0.1) is 0 Å². The van der Waals surface area contributed by atoms with Gasteiger partial charge in [-0.05, 0) is 24.6 Å². The van der Waals surface area contributed by atoms with Gasteiger partial charge in [-0.15, -0.1) is 0 Å². The first-order chi connectivity index (χ1) is 12.2. The lowest BCUT2D eigenvalue weighted by Gasteiger charge is -2.41. The summed E-state index contributed by atoms with van der Waals surface area (Å²) in [5.41, 5.74) is 1.35. The van der Waals surface area contributed by atoms with Crippen molar-refractivity contribution in [2.75, 3.05) is 31.2 Å². The lowest BCUT2D eigenvalue weighted by molar-refractivity contribution is -0.00595. The van der Waals surface area contributed by atoms with E-state index in [2.05, 4.69) is 20.3 Å². The first kappa shape index (κ1) is 16.0. The molecule has 8 heteroatoms. The van der Waals surface area contributed by atoms with Crippen LogP contribution >= 0.6 is 0 Å². The second kappa shape index (κ2) is 6.81. The summed E-state index contributed by atoms with van der Waals surface area (Å²) in [5, 5.41) is 17.1. The van der Waals surface area contributed by atoms with Gasteiger partial charge in [0.05, 0.1) is 31.4 Å². The zero-order chi connectivity index (χ0) is 17.2. The quantitative estimate of drug-likeness (QED) is 0.825. The highest BCUT2D eigenvalue weighted by Crippen LogP contribution is 2.32. The number of pyridine rings is 1. The number of carbonyl (C=O) groups excluding carboxylic acids is 1. The summed E-state index contributed by atoms with van der Waals surface area (Å²) in [7, 11) is 0. The van der Waals surface area contributed by atoms with Crippen molar-refractivity contribution < 1.29 is 14.6 Å². The maximum absolute atomic E-state index is 12.6. The third kappa shape index (κ3) is 3.22. The van der Waals surface area contributed by atoms with Crippen LogP contribution in [-0.4, -0.2) is 64.2 Å². The van der Waals surface area contributed by atoms with Crippen LogP contribution in [0.25, 0.3) is 0 Å². The fourth-order valence-electron chi connectivity index (χ4n) is 3.38. The molecule has 1 aliphatic carbocycles. The Morgan fingerprint density at radius 2 is 2.16 bits per heavy atom. The number of rotatable bonds is 4. The van der Waals surface area contributed by atoms with Crippen molar-refractivity contribution in [3.8, 4) is 0 Å². The Balaban J connectivity index is 1.44. The second-order valence-electron chi connectivity index (χ2n) is 6.36. The van der Waals surface area contributed by atoms with Crippen LogP contribution in [0.1, 0.15) is 23.0 Å². The van der Waals surface area contributed by atoms with Gasteiger partial charge in [0.25, 0.3) is 5.91 Å². The van der Waals surface area contributed by atoms with E-state index in [-0.39, 0.29) is 18.0 Å². The predicted molar refractivity (Wildman–Crippen MR) is 90.4 cm³/mol. The Morgan fingerprint density at radius 1 is 1.32 bits per heavy atom. The van der Waals surface area contributed by atoms with E-state index in [1.165, 1.54) is 0 Å². The normalized spacial score (nSPS) is 26.1. The molecule has 0 radical (unpaired) electrons. The lowest BCUT2D eigenvalue weighted by Crippen LogP contribution is -2.56. The number of hydrogen-bond acceptors (Lipinski definition) is 6. The number of aliphatic hydroxyl groups is 1. The number of nitrogens with zero attached hydrogens (tertiary/aromatic N) is 4. The molecule has 0 bridgehead atoms. The number of amides is 1. The van der Waals surface area contributed by atoms with Crippen molar-refractivity contribution in [1.82, 2.24) is 20.1 Å². The molecule has 8 nitrogen and oxygen atoms in total.